The van der Waals surface area contributed by atoms with Crippen LogP contribution in [-0.4, -0.2) is 61.8 Å². The monoisotopic (exact) mass is 856 g/mol. The number of nitrogens with zero attached hydrogens (tertiary/aromatic N) is 3. The quantitative estimate of drug-likeness (QED) is 0.0907. The second-order valence-electron chi connectivity index (χ2n) is 10.8. The predicted octanol–water partition coefficient (Wildman–Crippen LogP) is 7.88. The Morgan fingerprint density at radius 3 is 2.13 bits per heavy atom. The van der Waals surface area contributed by atoms with Crippen LogP contribution in [0.5, 0.6) is 11.5 Å². The van der Waals surface area contributed by atoms with Gasteiger partial charge in [0.1, 0.15) is 16.9 Å². The summed E-state index contributed by atoms with van der Waals surface area (Å²) < 4.78 is 16.6. The Bertz CT molecular complexity index is 1770. The SMILES string of the molecule is CCOC(=O)C(Cl)CNCc1cccc(C)c1.COc1cccc(CN2CCN(c3ccc(Br)cc3)C2=O)c1.N#COc1ccc(Br)cc1.O=C=O. The Labute approximate surface area is 325 Å². The number of carbonyl (C=O) groups is 2. The van der Waals surface area contributed by atoms with Crippen molar-refractivity contribution in [1.29, 1.82) is 5.26 Å². The summed E-state index contributed by atoms with van der Waals surface area (Å²) in [5.74, 6) is 1.01. The van der Waals surface area contributed by atoms with Gasteiger partial charge in [-0.2, -0.15) is 9.59 Å². The van der Waals surface area contributed by atoms with Gasteiger partial charge in [0.05, 0.1) is 13.7 Å². The van der Waals surface area contributed by atoms with Crippen LogP contribution in [0, 0.1) is 18.4 Å². The molecule has 1 N–H and O–H groups in total. The summed E-state index contributed by atoms with van der Waals surface area (Å²) in [5.41, 5.74) is 4.40. The van der Waals surface area contributed by atoms with Crippen molar-refractivity contribution in [2.45, 2.75) is 32.3 Å². The number of anilines is 1. The molecule has 11 nitrogen and oxygen atoms in total. The van der Waals surface area contributed by atoms with Crippen LogP contribution in [0.2, 0.25) is 0 Å². The van der Waals surface area contributed by atoms with Gasteiger partial charge >= 0.3 is 18.2 Å². The minimum atomic E-state index is -0.625. The van der Waals surface area contributed by atoms with Gasteiger partial charge in [0.25, 0.3) is 6.26 Å². The lowest BCUT2D eigenvalue weighted by atomic mass is 10.1. The fourth-order valence-electron chi connectivity index (χ4n) is 4.62. The van der Waals surface area contributed by atoms with E-state index in [2.05, 4.69) is 48.0 Å². The zero-order valence-electron chi connectivity index (χ0n) is 28.9. The molecule has 0 bridgehead atoms. The maximum absolute atomic E-state index is 12.6. The molecule has 4 aromatic rings. The van der Waals surface area contributed by atoms with E-state index in [1.54, 1.807) is 32.4 Å². The highest BCUT2D eigenvalue weighted by Crippen LogP contribution is 2.24. The standard InChI is InChI=1S/C17H17BrN2O2.C13H18ClNO2.C7H4BrNO.CO2/c1-22-16-4-2-3-13(11-16)12-19-9-10-20(17(19)21)15-7-5-14(18)6-8-15;1-3-17-13(16)12(14)9-15-8-11-6-4-5-10(2)7-11;8-6-1-3-7(4-2-6)10-5-9;2-1-3/h2-8,11H,9-10,12H2,1H3;4-7,12,15H,3,8-9H2,1-2H3;1-4H;. The van der Waals surface area contributed by atoms with Crippen LogP contribution < -0.4 is 19.7 Å². The number of halogens is 3. The third kappa shape index (κ3) is 16.1. The highest BCUT2D eigenvalue weighted by Gasteiger charge is 2.29. The molecular formula is C38H39Br2ClN4O7. The molecule has 1 unspecified atom stereocenters. The van der Waals surface area contributed by atoms with Gasteiger partial charge in [-0.05, 0) is 85.6 Å². The summed E-state index contributed by atoms with van der Waals surface area (Å²) in [4.78, 5) is 43.7. The summed E-state index contributed by atoms with van der Waals surface area (Å²) >= 11 is 12.5. The van der Waals surface area contributed by atoms with Crippen molar-refractivity contribution >= 4 is 67.3 Å². The first-order valence-corrected chi connectivity index (χ1v) is 17.9. The summed E-state index contributed by atoms with van der Waals surface area (Å²) in [6.07, 6.45) is 1.84. The highest BCUT2D eigenvalue weighted by atomic mass is 79.9. The molecule has 1 atom stereocenters. The largest absolute Gasteiger partial charge is 0.497 e. The van der Waals surface area contributed by atoms with Crippen molar-refractivity contribution in [1.82, 2.24) is 10.2 Å². The molecule has 52 heavy (non-hydrogen) atoms. The maximum atomic E-state index is 12.6. The number of rotatable bonds is 11. The zero-order chi connectivity index (χ0) is 38.3. The molecule has 0 spiro atoms. The fraction of sp³-hybridized carbons (Fsp3) is 0.263. The normalized spacial score (nSPS) is 11.9. The molecule has 1 saturated heterocycles. The molecule has 1 fully saturated rings. The number of amides is 2. The molecule has 0 radical (unpaired) electrons. The van der Waals surface area contributed by atoms with Gasteiger partial charge < -0.3 is 24.4 Å². The Morgan fingerprint density at radius 1 is 0.923 bits per heavy atom. The number of esters is 1. The summed E-state index contributed by atoms with van der Waals surface area (Å²) in [7, 11) is 1.65. The molecule has 2 amide bonds. The smallest absolute Gasteiger partial charge is 0.373 e. The molecule has 1 aliphatic rings. The number of hydrogen-bond acceptors (Lipinski definition) is 9. The number of ether oxygens (including phenoxy) is 3. The minimum absolute atomic E-state index is 0.0464. The van der Waals surface area contributed by atoms with E-state index >= 15 is 0 Å². The first-order chi connectivity index (χ1) is 25.0. The Balaban J connectivity index is 0.000000276. The lowest BCUT2D eigenvalue weighted by Gasteiger charge is -2.19. The Morgan fingerprint density at radius 2 is 1.54 bits per heavy atom. The van der Waals surface area contributed by atoms with E-state index in [4.69, 9.17) is 35.9 Å². The molecule has 0 aliphatic carbocycles. The van der Waals surface area contributed by atoms with Gasteiger partial charge in [-0.25, -0.2) is 4.79 Å². The number of methoxy groups -OCH3 is 1. The summed E-state index contributed by atoms with van der Waals surface area (Å²) in [5, 5.41) is 10.6. The van der Waals surface area contributed by atoms with E-state index in [9.17, 15) is 9.59 Å². The van der Waals surface area contributed by atoms with Crippen LogP contribution in [0.1, 0.15) is 23.6 Å². The van der Waals surface area contributed by atoms with Crippen LogP contribution in [0.25, 0.3) is 0 Å². The van der Waals surface area contributed by atoms with E-state index in [1.165, 1.54) is 11.1 Å². The van der Waals surface area contributed by atoms with Crippen molar-refractivity contribution in [2.24, 2.45) is 0 Å². The van der Waals surface area contributed by atoms with E-state index in [0.29, 0.717) is 38.5 Å². The van der Waals surface area contributed by atoms with Crippen molar-refractivity contribution in [2.75, 3.05) is 38.3 Å². The maximum Gasteiger partial charge on any atom is 0.373 e. The van der Waals surface area contributed by atoms with Gasteiger partial charge in [-0.1, -0.05) is 73.8 Å². The number of nitriles is 1. The number of aryl methyl sites for hydroxylation is 1. The number of alkyl halides is 1. The fourth-order valence-corrected chi connectivity index (χ4v) is 5.32. The van der Waals surface area contributed by atoms with Crippen LogP contribution in [0.3, 0.4) is 0 Å². The third-order valence-electron chi connectivity index (χ3n) is 7.00. The van der Waals surface area contributed by atoms with Gasteiger partial charge in [0, 0.05) is 47.4 Å². The molecule has 4 aromatic carbocycles. The van der Waals surface area contributed by atoms with Gasteiger partial charge in [-0.15, -0.1) is 16.9 Å². The van der Waals surface area contributed by atoms with Gasteiger partial charge in [0.2, 0.25) is 0 Å². The number of urea groups is 1. The highest BCUT2D eigenvalue weighted by molar-refractivity contribution is 9.10. The summed E-state index contributed by atoms with van der Waals surface area (Å²) in [6, 6.07) is 30.9. The van der Waals surface area contributed by atoms with Crippen LogP contribution in [0.4, 0.5) is 10.5 Å². The molecule has 1 heterocycles. The molecule has 0 aromatic heterocycles. The van der Waals surface area contributed by atoms with Crippen molar-refractivity contribution in [3.63, 3.8) is 0 Å². The van der Waals surface area contributed by atoms with Crippen LogP contribution in [-0.2, 0) is 32.2 Å². The number of carbonyl (C=O) groups excluding carboxylic acids is 4. The van der Waals surface area contributed by atoms with E-state index in [1.807, 2.05) is 95.6 Å². The molecule has 274 valence electrons. The zero-order valence-corrected chi connectivity index (χ0v) is 32.8. The molecule has 14 heteroatoms. The average molecular weight is 859 g/mol. The molecule has 0 saturated carbocycles. The Kier molecular flexibility index (Phi) is 20.5. The second kappa shape index (κ2) is 24.5. The molecular weight excluding hydrogens is 820 g/mol. The van der Waals surface area contributed by atoms with Gasteiger partial charge in [0.15, 0.2) is 0 Å². The predicted molar refractivity (Wildman–Crippen MR) is 205 cm³/mol. The third-order valence-corrected chi connectivity index (χ3v) is 8.39. The number of hydrogen-bond donors (Lipinski definition) is 1. The van der Waals surface area contributed by atoms with Crippen molar-refractivity contribution < 1.29 is 33.4 Å². The summed E-state index contributed by atoms with van der Waals surface area (Å²) in [6.45, 7) is 7.33. The Hall–Kier alpha value is -4.70. The topological polar surface area (TPSA) is 138 Å². The van der Waals surface area contributed by atoms with E-state index < -0.39 is 5.38 Å². The number of nitrogens with one attached hydrogen (secondary N) is 1. The van der Waals surface area contributed by atoms with Gasteiger partial charge in [-0.3, -0.25) is 9.69 Å². The molecule has 5 rings (SSSR count). The van der Waals surface area contributed by atoms with E-state index in [0.717, 1.165) is 32.5 Å². The number of benzene rings is 4. The van der Waals surface area contributed by atoms with Crippen molar-refractivity contribution in [3.05, 3.63) is 123 Å². The first-order valence-electron chi connectivity index (χ1n) is 15.9. The van der Waals surface area contributed by atoms with Crippen LogP contribution in [0.15, 0.2) is 106 Å². The minimum Gasteiger partial charge on any atom is -0.497 e. The average Bonchev–Trinajstić information content (AvgIpc) is 3.49. The molecule has 1 aliphatic heterocycles. The van der Waals surface area contributed by atoms with Crippen LogP contribution >= 0.6 is 43.5 Å². The van der Waals surface area contributed by atoms with Crippen molar-refractivity contribution in [3.8, 4) is 17.8 Å². The lowest BCUT2D eigenvalue weighted by molar-refractivity contribution is -0.191. The van der Waals surface area contributed by atoms with E-state index in [-0.39, 0.29) is 18.2 Å². The first kappa shape index (κ1) is 43.5. The lowest BCUT2D eigenvalue weighted by Crippen LogP contribution is -2.31. The second-order valence-corrected chi connectivity index (χ2v) is 13.1.